The van der Waals surface area contributed by atoms with Gasteiger partial charge in [0.25, 0.3) is 0 Å². The van der Waals surface area contributed by atoms with E-state index in [-0.39, 0.29) is 5.75 Å². The number of thioether (sulfide) groups is 1. The summed E-state index contributed by atoms with van der Waals surface area (Å²) >= 11 is 1.98. The maximum absolute atomic E-state index is 11.4. The molecule has 0 aromatic heterocycles. The summed E-state index contributed by atoms with van der Waals surface area (Å²) in [5.41, 5.74) is 1.65. The first kappa shape index (κ1) is 14.5. The Bertz CT molecular complexity index is 514. The van der Waals surface area contributed by atoms with Crippen molar-refractivity contribution >= 4 is 33.2 Å². The number of nitrogens with one attached hydrogen (secondary N) is 2. The van der Waals surface area contributed by atoms with Crippen molar-refractivity contribution < 1.29 is 8.42 Å². The summed E-state index contributed by atoms with van der Waals surface area (Å²) < 4.78 is 25.4. The molecule has 2 unspecified atom stereocenters. The van der Waals surface area contributed by atoms with Crippen molar-refractivity contribution in [1.82, 2.24) is 0 Å². The van der Waals surface area contributed by atoms with E-state index >= 15 is 0 Å². The molecule has 1 aliphatic heterocycles. The van der Waals surface area contributed by atoms with Crippen LogP contribution in [0, 0.1) is 0 Å². The molecule has 4 nitrogen and oxygen atoms in total. The van der Waals surface area contributed by atoms with Gasteiger partial charge in [-0.05, 0) is 37.6 Å². The number of rotatable bonds is 5. The van der Waals surface area contributed by atoms with Crippen molar-refractivity contribution in [2.75, 3.05) is 21.5 Å². The van der Waals surface area contributed by atoms with Crippen LogP contribution in [0.15, 0.2) is 24.3 Å². The lowest BCUT2D eigenvalue weighted by atomic mass is 10.2. The van der Waals surface area contributed by atoms with Crippen LogP contribution >= 0.6 is 11.8 Å². The van der Waals surface area contributed by atoms with Crippen molar-refractivity contribution in [3.8, 4) is 0 Å². The number of sulfonamides is 1. The maximum atomic E-state index is 11.4. The molecule has 1 heterocycles. The fourth-order valence-electron chi connectivity index (χ4n) is 2.04. The van der Waals surface area contributed by atoms with E-state index in [2.05, 4.69) is 17.0 Å². The quantitative estimate of drug-likeness (QED) is 0.878. The number of anilines is 2. The first-order chi connectivity index (χ1) is 8.98. The Morgan fingerprint density at radius 3 is 2.42 bits per heavy atom. The maximum Gasteiger partial charge on any atom is 0.232 e. The van der Waals surface area contributed by atoms with Gasteiger partial charge in [0.1, 0.15) is 0 Å². The minimum Gasteiger partial charge on any atom is -0.381 e. The van der Waals surface area contributed by atoms with Crippen LogP contribution in [-0.2, 0) is 10.0 Å². The molecule has 1 aromatic carbocycles. The lowest BCUT2D eigenvalue weighted by Gasteiger charge is -2.14. The third-order valence-corrected chi connectivity index (χ3v) is 5.77. The standard InChI is InChI=1S/C13H20N2O2S2/c1-3-19(16,17)15-12-6-4-11(5-7-12)14-13-8-10(2)18-9-13/h4-7,10,13-15H,3,8-9H2,1-2H3. The lowest BCUT2D eigenvalue weighted by Crippen LogP contribution is -2.19. The molecule has 2 N–H and O–H groups in total. The molecule has 1 saturated heterocycles. The molecule has 0 aliphatic carbocycles. The molecule has 1 fully saturated rings. The highest BCUT2D eigenvalue weighted by atomic mass is 32.2. The summed E-state index contributed by atoms with van der Waals surface area (Å²) in [7, 11) is -3.19. The minimum atomic E-state index is -3.19. The van der Waals surface area contributed by atoms with Gasteiger partial charge in [0, 0.05) is 28.4 Å². The Kier molecular flexibility index (Phi) is 4.62. The molecule has 0 amide bonds. The van der Waals surface area contributed by atoms with E-state index < -0.39 is 10.0 Å². The topological polar surface area (TPSA) is 58.2 Å². The van der Waals surface area contributed by atoms with E-state index in [4.69, 9.17) is 0 Å². The van der Waals surface area contributed by atoms with Crippen LogP contribution in [0.25, 0.3) is 0 Å². The molecule has 1 aliphatic rings. The van der Waals surface area contributed by atoms with E-state index in [0.29, 0.717) is 17.0 Å². The highest BCUT2D eigenvalue weighted by Crippen LogP contribution is 2.28. The average Bonchev–Trinajstić information content (AvgIpc) is 2.77. The highest BCUT2D eigenvalue weighted by Gasteiger charge is 2.21. The first-order valence-corrected chi connectivity index (χ1v) is 9.17. The summed E-state index contributed by atoms with van der Waals surface area (Å²) in [6.07, 6.45) is 1.18. The zero-order chi connectivity index (χ0) is 13.9. The monoisotopic (exact) mass is 300 g/mol. The molecular formula is C13H20N2O2S2. The lowest BCUT2D eigenvalue weighted by molar-refractivity contribution is 0.602. The third-order valence-electron chi connectivity index (χ3n) is 3.11. The molecule has 0 saturated carbocycles. The van der Waals surface area contributed by atoms with E-state index in [0.717, 1.165) is 11.4 Å². The van der Waals surface area contributed by atoms with E-state index in [1.807, 2.05) is 23.9 Å². The number of hydrogen-bond donors (Lipinski definition) is 2. The molecule has 0 spiro atoms. The summed E-state index contributed by atoms with van der Waals surface area (Å²) in [4.78, 5) is 0. The summed E-state index contributed by atoms with van der Waals surface area (Å²) in [6, 6.07) is 7.93. The second-order valence-corrected chi connectivity index (χ2v) is 8.29. The van der Waals surface area contributed by atoms with Crippen LogP contribution in [0.1, 0.15) is 20.3 Å². The predicted molar refractivity (Wildman–Crippen MR) is 83.5 cm³/mol. The van der Waals surface area contributed by atoms with Gasteiger partial charge in [-0.3, -0.25) is 4.72 Å². The van der Waals surface area contributed by atoms with Crippen LogP contribution in [0.5, 0.6) is 0 Å². The Labute approximate surface area is 119 Å². The van der Waals surface area contributed by atoms with E-state index in [1.54, 1.807) is 19.1 Å². The molecule has 6 heteroatoms. The van der Waals surface area contributed by atoms with Crippen molar-refractivity contribution in [3.63, 3.8) is 0 Å². The molecule has 1 aromatic rings. The Balaban J connectivity index is 1.95. The number of benzene rings is 1. The SMILES string of the molecule is CCS(=O)(=O)Nc1ccc(NC2CSC(C)C2)cc1. The van der Waals surface area contributed by atoms with Crippen LogP contribution in [-0.4, -0.2) is 31.2 Å². The highest BCUT2D eigenvalue weighted by molar-refractivity contribution is 8.00. The van der Waals surface area contributed by atoms with E-state index in [9.17, 15) is 8.42 Å². The van der Waals surface area contributed by atoms with Gasteiger partial charge in [0.15, 0.2) is 0 Å². The smallest absolute Gasteiger partial charge is 0.232 e. The summed E-state index contributed by atoms with van der Waals surface area (Å²) in [5.74, 6) is 1.22. The zero-order valence-corrected chi connectivity index (χ0v) is 12.9. The van der Waals surface area contributed by atoms with Gasteiger partial charge in [0.05, 0.1) is 5.75 Å². The fourth-order valence-corrected chi connectivity index (χ4v) is 3.83. The molecular weight excluding hydrogens is 280 g/mol. The van der Waals surface area contributed by atoms with Crippen molar-refractivity contribution in [2.45, 2.75) is 31.6 Å². The Hall–Kier alpha value is -0.880. The molecule has 2 atom stereocenters. The average molecular weight is 300 g/mol. The Morgan fingerprint density at radius 2 is 1.89 bits per heavy atom. The Morgan fingerprint density at radius 1 is 1.26 bits per heavy atom. The number of hydrogen-bond acceptors (Lipinski definition) is 4. The molecule has 0 radical (unpaired) electrons. The molecule has 19 heavy (non-hydrogen) atoms. The second-order valence-electron chi connectivity index (χ2n) is 4.80. The van der Waals surface area contributed by atoms with Crippen molar-refractivity contribution in [1.29, 1.82) is 0 Å². The van der Waals surface area contributed by atoms with Gasteiger partial charge in [-0.25, -0.2) is 8.42 Å². The van der Waals surface area contributed by atoms with Crippen LogP contribution in [0.4, 0.5) is 11.4 Å². The molecule has 106 valence electrons. The van der Waals surface area contributed by atoms with Gasteiger partial charge >= 0.3 is 0 Å². The summed E-state index contributed by atoms with van der Waals surface area (Å²) in [6.45, 7) is 3.87. The van der Waals surface area contributed by atoms with Gasteiger partial charge in [-0.2, -0.15) is 11.8 Å². The van der Waals surface area contributed by atoms with Crippen LogP contribution in [0.2, 0.25) is 0 Å². The first-order valence-electron chi connectivity index (χ1n) is 6.47. The predicted octanol–water partition coefficient (Wildman–Crippen LogP) is 2.75. The molecule has 2 rings (SSSR count). The normalized spacial score (nSPS) is 23.3. The minimum absolute atomic E-state index is 0.0875. The van der Waals surface area contributed by atoms with Crippen molar-refractivity contribution in [2.24, 2.45) is 0 Å². The third kappa shape index (κ3) is 4.31. The summed E-state index contributed by atoms with van der Waals surface area (Å²) in [5, 5.41) is 4.19. The van der Waals surface area contributed by atoms with Crippen LogP contribution in [0.3, 0.4) is 0 Å². The van der Waals surface area contributed by atoms with Crippen LogP contribution < -0.4 is 10.0 Å². The van der Waals surface area contributed by atoms with E-state index in [1.165, 1.54) is 6.42 Å². The van der Waals surface area contributed by atoms with Gasteiger partial charge in [-0.15, -0.1) is 0 Å². The largest absolute Gasteiger partial charge is 0.381 e. The van der Waals surface area contributed by atoms with Gasteiger partial charge < -0.3 is 5.32 Å². The zero-order valence-electron chi connectivity index (χ0n) is 11.2. The van der Waals surface area contributed by atoms with Crippen molar-refractivity contribution in [3.05, 3.63) is 24.3 Å². The molecule has 0 bridgehead atoms. The second kappa shape index (κ2) is 6.05. The fraction of sp³-hybridized carbons (Fsp3) is 0.538. The van der Waals surface area contributed by atoms with Gasteiger partial charge in [-0.1, -0.05) is 6.92 Å². The van der Waals surface area contributed by atoms with Gasteiger partial charge in [0.2, 0.25) is 10.0 Å².